The molecular weight excluding hydrogens is 162 g/mol. The van der Waals surface area contributed by atoms with Crippen LogP contribution >= 0.6 is 11.6 Å². The first-order chi connectivity index (χ1) is 5.15. The van der Waals surface area contributed by atoms with Crippen LogP contribution in [0.2, 0.25) is 0 Å². The number of likely N-dealkylation sites (tertiary alicyclic amines) is 1. The molecule has 0 aromatic heterocycles. The lowest BCUT2D eigenvalue weighted by atomic mass is 10.00. The first-order valence-corrected chi connectivity index (χ1v) is 4.44. The second-order valence-corrected chi connectivity index (χ2v) is 4.14. The molecule has 1 aliphatic heterocycles. The fourth-order valence-electron chi connectivity index (χ4n) is 2.52. The number of likely N-dealkylation sites (N-methyl/N-ethyl adjacent to an activating group) is 1. The van der Waals surface area contributed by atoms with Gasteiger partial charge in [0.05, 0.1) is 5.54 Å². The molecule has 1 saturated heterocycles. The molecule has 0 amide bonds. The van der Waals surface area contributed by atoms with Crippen molar-refractivity contribution in [1.82, 2.24) is 4.90 Å². The average Bonchev–Trinajstić information content (AvgIpc) is 2.43. The Balaban J connectivity index is 2.29. The summed E-state index contributed by atoms with van der Waals surface area (Å²) in [7, 11) is 2.00. The van der Waals surface area contributed by atoms with Crippen LogP contribution < -0.4 is 0 Å². The summed E-state index contributed by atoms with van der Waals surface area (Å²) < 4.78 is 0. The van der Waals surface area contributed by atoms with Crippen LogP contribution in [0.25, 0.3) is 0 Å². The molecule has 0 aromatic rings. The van der Waals surface area contributed by atoms with E-state index in [1.165, 1.54) is 6.42 Å². The van der Waals surface area contributed by atoms with E-state index in [1.807, 2.05) is 7.05 Å². The van der Waals surface area contributed by atoms with Crippen LogP contribution in [0.3, 0.4) is 0 Å². The van der Waals surface area contributed by atoms with E-state index in [-0.39, 0.29) is 10.8 Å². The zero-order chi connectivity index (χ0) is 8.06. The second-order valence-electron chi connectivity index (χ2n) is 3.79. The first-order valence-electron chi connectivity index (χ1n) is 4.06. The molecule has 0 aromatic carbocycles. The number of nitrogens with zero attached hydrogens (tertiary/aromatic N) is 1. The van der Waals surface area contributed by atoms with E-state index in [0.29, 0.717) is 0 Å². The summed E-state index contributed by atoms with van der Waals surface area (Å²) in [6, 6.07) is 0. The number of hydrogen-bond acceptors (Lipinski definition) is 2. The summed E-state index contributed by atoms with van der Waals surface area (Å²) in [6.45, 7) is 1.05. The van der Waals surface area contributed by atoms with Crippen molar-refractivity contribution in [2.45, 2.75) is 24.8 Å². The molecule has 2 atom stereocenters. The topological polar surface area (TPSA) is 20.3 Å². The number of rotatable bonds is 1. The van der Waals surface area contributed by atoms with Crippen LogP contribution in [0.15, 0.2) is 0 Å². The van der Waals surface area contributed by atoms with Gasteiger partial charge in [-0.05, 0) is 43.8 Å². The van der Waals surface area contributed by atoms with Gasteiger partial charge in [0.1, 0.15) is 0 Å². The Morgan fingerprint density at radius 2 is 2.45 bits per heavy atom. The zero-order valence-electron chi connectivity index (χ0n) is 6.64. The lowest BCUT2D eigenvalue weighted by Crippen LogP contribution is -2.46. The van der Waals surface area contributed by atoms with E-state index in [4.69, 9.17) is 11.6 Å². The molecule has 2 nitrogen and oxygen atoms in total. The van der Waals surface area contributed by atoms with E-state index in [2.05, 4.69) is 4.90 Å². The standard InChI is InChI=1S/C8H12ClNO/c1-10-5-6-2-3-8(10,4-6)7(9)11/h6H,2-5H2,1H3/t6-,8-/m0/s1. The summed E-state index contributed by atoms with van der Waals surface area (Å²) in [5, 5.41) is -0.153. The quantitative estimate of drug-likeness (QED) is 0.556. The van der Waals surface area contributed by atoms with Gasteiger partial charge in [0, 0.05) is 6.54 Å². The molecular formula is C8H12ClNO. The molecule has 1 heterocycles. The smallest absolute Gasteiger partial charge is 0.241 e. The number of piperidine rings is 1. The van der Waals surface area contributed by atoms with Crippen molar-refractivity contribution >= 4 is 16.8 Å². The third-order valence-corrected chi connectivity index (χ3v) is 3.57. The van der Waals surface area contributed by atoms with Gasteiger partial charge in [-0.1, -0.05) is 0 Å². The zero-order valence-corrected chi connectivity index (χ0v) is 7.40. The largest absolute Gasteiger partial charge is 0.293 e. The maximum Gasteiger partial charge on any atom is 0.241 e. The summed E-state index contributed by atoms with van der Waals surface area (Å²) in [5.41, 5.74) is -0.272. The molecule has 2 bridgehead atoms. The Labute approximate surface area is 71.5 Å². The molecule has 0 unspecified atom stereocenters. The summed E-state index contributed by atoms with van der Waals surface area (Å²) in [4.78, 5) is 13.3. The molecule has 2 fully saturated rings. The number of halogens is 1. The van der Waals surface area contributed by atoms with Crippen LogP contribution in [0, 0.1) is 5.92 Å². The minimum atomic E-state index is -0.272. The van der Waals surface area contributed by atoms with Gasteiger partial charge in [-0.25, -0.2) is 0 Å². The Hall–Kier alpha value is -0.0800. The molecule has 0 radical (unpaired) electrons. The van der Waals surface area contributed by atoms with E-state index in [1.54, 1.807) is 0 Å². The van der Waals surface area contributed by atoms with E-state index < -0.39 is 0 Å². The van der Waals surface area contributed by atoms with Crippen molar-refractivity contribution < 1.29 is 4.79 Å². The van der Waals surface area contributed by atoms with Crippen LogP contribution in [0.1, 0.15) is 19.3 Å². The van der Waals surface area contributed by atoms with Crippen molar-refractivity contribution in [2.24, 2.45) is 5.92 Å². The average molecular weight is 174 g/mol. The minimum absolute atomic E-state index is 0.153. The molecule has 1 saturated carbocycles. The Morgan fingerprint density at radius 3 is 2.73 bits per heavy atom. The third-order valence-electron chi connectivity index (χ3n) is 3.22. The molecule has 62 valence electrons. The van der Waals surface area contributed by atoms with Gasteiger partial charge in [0.15, 0.2) is 0 Å². The highest BCUT2D eigenvalue weighted by atomic mass is 35.5. The van der Waals surface area contributed by atoms with Gasteiger partial charge in [-0.2, -0.15) is 0 Å². The van der Waals surface area contributed by atoms with Gasteiger partial charge in [-0.3, -0.25) is 9.69 Å². The van der Waals surface area contributed by atoms with Crippen molar-refractivity contribution in [1.29, 1.82) is 0 Å². The monoisotopic (exact) mass is 173 g/mol. The third kappa shape index (κ3) is 0.859. The van der Waals surface area contributed by atoms with Gasteiger partial charge < -0.3 is 0 Å². The second kappa shape index (κ2) is 2.20. The van der Waals surface area contributed by atoms with Crippen LogP contribution in [0.4, 0.5) is 0 Å². The highest BCUT2D eigenvalue weighted by molar-refractivity contribution is 6.65. The fourth-order valence-corrected chi connectivity index (χ4v) is 2.83. The van der Waals surface area contributed by atoms with Gasteiger partial charge >= 0.3 is 0 Å². The molecule has 1 aliphatic carbocycles. The van der Waals surface area contributed by atoms with Gasteiger partial charge in [0.25, 0.3) is 0 Å². The number of fused-ring (bicyclic) bond motifs is 2. The van der Waals surface area contributed by atoms with Crippen LogP contribution in [-0.2, 0) is 4.79 Å². The predicted octanol–water partition coefficient (Wildman–Crippen LogP) is 1.24. The van der Waals surface area contributed by atoms with Gasteiger partial charge in [0.2, 0.25) is 5.24 Å². The molecule has 3 heteroatoms. The highest BCUT2D eigenvalue weighted by Crippen LogP contribution is 2.46. The maximum absolute atomic E-state index is 11.2. The maximum atomic E-state index is 11.2. The number of hydrogen-bond donors (Lipinski definition) is 0. The van der Waals surface area contributed by atoms with Crippen molar-refractivity contribution in [2.75, 3.05) is 13.6 Å². The summed E-state index contributed by atoms with van der Waals surface area (Å²) >= 11 is 5.58. The Bertz CT molecular complexity index is 206. The molecule has 11 heavy (non-hydrogen) atoms. The van der Waals surface area contributed by atoms with Crippen LogP contribution in [0.5, 0.6) is 0 Å². The highest BCUT2D eigenvalue weighted by Gasteiger charge is 2.53. The van der Waals surface area contributed by atoms with E-state index in [0.717, 1.165) is 25.3 Å². The molecule has 2 aliphatic rings. The lowest BCUT2D eigenvalue weighted by molar-refractivity contribution is -0.120. The molecule has 0 N–H and O–H groups in total. The fraction of sp³-hybridized carbons (Fsp3) is 0.875. The Morgan fingerprint density at radius 1 is 1.73 bits per heavy atom. The number of carbonyl (C=O) groups excluding carboxylic acids is 1. The molecule has 2 rings (SSSR count). The summed E-state index contributed by atoms with van der Waals surface area (Å²) in [6.07, 6.45) is 3.14. The van der Waals surface area contributed by atoms with Gasteiger partial charge in [-0.15, -0.1) is 0 Å². The predicted molar refractivity (Wildman–Crippen MR) is 43.6 cm³/mol. The normalized spacial score (nSPS) is 43.3. The Kier molecular flexibility index (Phi) is 1.52. The summed E-state index contributed by atoms with van der Waals surface area (Å²) in [5.74, 6) is 0.725. The van der Waals surface area contributed by atoms with E-state index in [9.17, 15) is 4.79 Å². The van der Waals surface area contributed by atoms with Crippen LogP contribution in [-0.4, -0.2) is 29.3 Å². The molecule has 0 spiro atoms. The van der Waals surface area contributed by atoms with E-state index >= 15 is 0 Å². The van der Waals surface area contributed by atoms with Crippen molar-refractivity contribution in [3.05, 3.63) is 0 Å². The lowest BCUT2D eigenvalue weighted by Gasteiger charge is -2.32. The van der Waals surface area contributed by atoms with Crippen molar-refractivity contribution in [3.63, 3.8) is 0 Å². The first kappa shape index (κ1) is 7.56. The number of carbonyl (C=O) groups is 1. The van der Waals surface area contributed by atoms with Crippen molar-refractivity contribution in [3.8, 4) is 0 Å². The minimum Gasteiger partial charge on any atom is -0.293 e. The SMILES string of the molecule is CN1C[C@H]2CC[C@@]1(C(=O)Cl)C2.